The summed E-state index contributed by atoms with van der Waals surface area (Å²) in [5.41, 5.74) is 4.93. The highest BCUT2D eigenvalue weighted by atomic mass is 14.4. The Morgan fingerprint density at radius 2 is 1.24 bits per heavy atom. The summed E-state index contributed by atoms with van der Waals surface area (Å²) in [6.07, 6.45) is 20.5. The van der Waals surface area contributed by atoms with Crippen molar-refractivity contribution in [2.75, 3.05) is 0 Å². The Kier molecular flexibility index (Phi) is 11.2. The quantitative estimate of drug-likeness (QED) is 0.259. The second-order valence-electron chi connectivity index (χ2n) is 10.8. The predicted octanol–water partition coefficient (Wildman–Crippen LogP) is 10.2. The van der Waals surface area contributed by atoms with E-state index in [1.807, 2.05) is 0 Å². The van der Waals surface area contributed by atoms with Gasteiger partial charge in [-0.3, -0.25) is 0 Å². The lowest BCUT2D eigenvalue weighted by Gasteiger charge is -2.35. The van der Waals surface area contributed by atoms with Gasteiger partial charge in [-0.15, -0.1) is 0 Å². The van der Waals surface area contributed by atoms with Crippen LogP contribution < -0.4 is 0 Å². The summed E-state index contributed by atoms with van der Waals surface area (Å²) >= 11 is 0. The fraction of sp³-hybridized carbons (Fsp3) is 0.606. The Bertz CT molecular complexity index is 847. The van der Waals surface area contributed by atoms with E-state index in [2.05, 4.69) is 68.4 Å². The summed E-state index contributed by atoms with van der Waals surface area (Å²) in [5.74, 6) is 0.826. The zero-order chi connectivity index (χ0) is 24.1. The molecule has 0 bridgehead atoms. The van der Waals surface area contributed by atoms with Gasteiger partial charge in [0.15, 0.2) is 0 Å². The summed E-state index contributed by atoms with van der Waals surface area (Å²) in [7, 11) is 0. The van der Waals surface area contributed by atoms with Crippen molar-refractivity contribution in [2.24, 2.45) is 5.92 Å². The third-order valence-electron chi connectivity index (χ3n) is 8.18. The molecular formula is C33H47N. The van der Waals surface area contributed by atoms with E-state index in [4.69, 9.17) is 0 Å². The number of unbranched alkanes of at least 4 members (excludes halogenated alkanes) is 8. The SMILES string of the molecule is CCCCCCCc1ccc(-c2ccc(C3(C#N)CCC(CCCCCCC)CC3)cc2)cc1. The summed E-state index contributed by atoms with van der Waals surface area (Å²) in [6.45, 7) is 4.55. The maximum atomic E-state index is 10.1. The first-order valence-corrected chi connectivity index (χ1v) is 14.3. The monoisotopic (exact) mass is 457 g/mol. The number of hydrogen-bond donors (Lipinski definition) is 0. The zero-order valence-electron chi connectivity index (χ0n) is 22.0. The van der Waals surface area contributed by atoms with Crippen molar-refractivity contribution >= 4 is 0 Å². The van der Waals surface area contributed by atoms with Gasteiger partial charge in [0, 0.05) is 0 Å². The van der Waals surface area contributed by atoms with Crippen LogP contribution in [0.5, 0.6) is 0 Å². The first-order chi connectivity index (χ1) is 16.7. The molecular weight excluding hydrogens is 410 g/mol. The minimum Gasteiger partial charge on any atom is -0.197 e. The number of rotatable bonds is 14. The number of aryl methyl sites for hydroxylation is 1. The lowest BCUT2D eigenvalue weighted by Crippen LogP contribution is -2.30. The van der Waals surface area contributed by atoms with Crippen LogP contribution in [0.3, 0.4) is 0 Å². The van der Waals surface area contributed by atoms with Gasteiger partial charge in [0.25, 0.3) is 0 Å². The summed E-state index contributed by atoms with van der Waals surface area (Å²) < 4.78 is 0. The number of hydrogen-bond acceptors (Lipinski definition) is 1. The number of benzene rings is 2. The van der Waals surface area contributed by atoms with Gasteiger partial charge < -0.3 is 0 Å². The molecule has 0 heterocycles. The van der Waals surface area contributed by atoms with E-state index in [-0.39, 0.29) is 5.41 Å². The molecule has 3 rings (SSSR count). The highest BCUT2D eigenvalue weighted by Crippen LogP contribution is 2.43. The van der Waals surface area contributed by atoms with Crippen molar-refractivity contribution in [2.45, 2.75) is 122 Å². The minimum absolute atomic E-state index is 0.279. The molecule has 1 saturated carbocycles. The molecule has 0 aromatic heterocycles. The van der Waals surface area contributed by atoms with E-state index in [9.17, 15) is 5.26 Å². The topological polar surface area (TPSA) is 23.8 Å². The number of nitriles is 1. The van der Waals surface area contributed by atoms with E-state index >= 15 is 0 Å². The third kappa shape index (κ3) is 7.73. The van der Waals surface area contributed by atoms with Crippen LogP contribution in [-0.4, -0.2) is 0 Å². The van der Waals surface area contributed by atoms with Crippen LogP contribution in [0, 0.1) is 17.2 Å². The van der Waals surface area contributed by atoms with Crippen molar-refractivity contribution in [1.29, 1.82) is 5.26 Å². The first-order valence-electron chi connectivity index (χ1n) is 14.3. The van der Waals surface area contributed by atoms with Crippen LogP contribution in [0.25, 0.3) is 11.1 Å². The molecule has 0 unspecified atom stereocenters. The normalized spacial score (nSPS) is 20.2. The molecule has 34 heavy (non-hydrogen) atoms. The van der Waals surface area contributed by atoms with E-state index in [0.717, 1.165) is 18.8 Å². The van der Waals surface area contributed by atoms with Gasteiger partial charge >= 0.3 is 0 Å². The van der Waals surface area contributed by atoms with Crippen LogP contribution in [0.1, 0.15) is 121 Å². The maximum absolute atomic E-state index is 10.1. The molecule has 1 aliphatic rings. The van der Waals surface area contributed by atoms with Crippen molar-refractivity contribution in [3.63, 3.8) is 0 Å². The van der Waals surface area contributed by atoms with Gasteiger partial charge in [-0.05, 0) is 66.7 Å². The Labute approximate surface area is 210 Å². The molecule has 0 N–H and O–H groups in total. The molecule has 184 valence electrons. The Morgan fingerprint density at radius 1 is 0.706 bits per heavy atom. The molecule has 0 radical (unpaired) electrons. The fourth-order valence-corrected chi connectivity index (χ4v) is 5.74. The minimum atomic E-state index is -0.279. The predicted molar refractivity (Wildman–Crippen MR) is 147 cm³/mol. The second kappa shape index (κ2) is 14.4. The molecule has 1 nitrogen and oxygen atoms in total. The van der Waals surface area contributed by atoms with Gasteiger partial charge in [0.05, 0.1) is 11.5 Å². The zero-order valence-corrected chi connectivity index (χ0v) is 22.0. The average molecular weight is 458 g/mol. The Balaban J connectivity index is 1.51. The molecule has 1 heteroatoms. The van der Waals surface area contributed by atoms with Crippen molar-refractivity contribution in [3.8, 4) is 17.2 Å². The van der Waals surface area contributed by atoms with Gasteiger partial charge in [0.2, 0.25) is 0 Å². The van der Waals surface area contributed by atoms with Crippen LogP contribution in [0.4, 0.5) is 0 Å². The summed E-state index contributed by atoms with van der Waals surface area (Å²) in [6, 6.07) is 20.8. The Morgan fingerprint density at radius 3 is 1.79 bits per heavy atom. The van der Waals surface area contributed by atoms with Crippen LogP contribution in [0.2, 0.25) is 0 Å². The molecule has 0 atom stereocenters. The second-order valence-corrected chi connectivity index (χ2v) is 10.8. The van der Waals surface area contributed by atoms with Crippen LogP contribution in [0.15, 0.2) is 48.5 Å². The lowest BCUT2D eigenvalue weighted by atomic mass is 9.66. The van der Waals surface area contributed by atoms with Gasteiger partial charge in [0.1, 0.15) is 0 Å². The highest BCUT2D eigenvalue weighted by Gasteiger charge is 2.36. The molecule has 0 amide bonds. The van der Waals surface area contributed by atoms with Crippen LogP contribution in [-0.2, 0) is 11.8 Å². The lowest BCUT2D eigenvalue weighted by molar-refractivity contribution is 0.261. The first kappa shape index (κ1) is 26.5. The van der Waals surface area contributed by atoms with Gasteiger partial charge in [-0.25, -0.2) is 0 Å². The summed E-state index contributed by atoms with van der Waals surface area (Å²) in [5, 5.41) is 10.1. The van der Waals surface area contributed by atoms with E-state index < -0.39 is 0 Å². The van der Waals surface area contributed by atoms with E-state index in [1.54, 1.807) is 0 Å². The molecule has 2 aromatic carbocycles. The average Bonchev–Trinajstić information content (AvgIpc) is 2.89. The third-order valence-corrected chi connectivity index (χ3v) is 8.18. The van der Waals surface area contributed by atoms with Crippen LogP contribution >= 0.6 is 0 Å². The van der Waals surface area contributed by atoms with E-state index in [1.165, 1.54) is 112 Å². The Hall–Kier alpha value is -2.07. The molecule has 0 aliphatic heterocycles. The molecule has 0 saturated heterocycles. The largest absolute Gasteiger partial charge is 0.197 e. The summed E-state index contributed by atoms with van der Waals surface area (Å²) in [4.78, 5) is 0. The standard InChI is InChI=1S/C33H47N/c1-3-5-7-9-11-13-28-15-17-30(18-16-28)31-19-21-32(22-20-31)33(27-34)25-23-29(24-26-33)14-12-10-8-6-4-2/h15-22,29H,3-14,23-26H2,1-2H3. The molecule has 1 aliphatic carbocycles. The highest BCUT2D eigenvalue weighted by molar-refractivity contribution is 5.64. The van der Waals surface area contributed by atoms with Crippen molar-refractivity contribution < 1.29 is 0 Å². The van der Waals surface area contributed by atoms with Crippen molar-refractivity contribution in [1.82, 2.24) is 0 Å². The smallest absolute Gasteiger partial charge is 0.0822 e. The molecule has 2 aromatic rings. The van der Waals surface area contributed by atoms with E-state index in [0.29, 0.717) is 0 Å². The molecule has 1 fully saturated rings. The van der Waals surface area contributed by atoms with Gasteiger partial charge in [-0.2, -0.15) is 5.26 Å². The molecule has 0 spiro atoms. The van der Waals surface area contributed by atoms with Gasteiger partial charge in [-0.1, -0.05) is 127 Å². The maximum Gasteiger partial charge on any atom is 0.0822 e. The fourth-order valence-electron chi connectivity index (χ4n) is 5.74. The van der Waals surface area contributed by atoms with Crippen molar-refractivity contribution in [3.05, 3.63) is 59.7 Å². The number of nitrogens with zero attached hydrogens (tertiary/aromatic N) is 1.